The van der Waals surface area contributed by atoms with E-state index >= 15 is 0 Å². The maximum Gasteiger partial charge on any atom is 0.223 e. The molecule has 0 amide bonds. The third-order valence-electron chi connectivity index (χ3n) is 5.02. The van der Waals surface area contributed by atoms with Crippen LogP contribution in [0.4, 0.5) is 0 Å². The molecule has 0 N–H and O–H groups in total. The topological polar surface area (TPSA) is 34.1 Å². The molecule has 0 bridgehead atoms. The number of thiophene rings is 1. The van der Waals surface area contributed by atoms with Crippen molar-refractivity contribution in [2.45, 2.75) is 18.7 Å². The maximum absolute atomic E-state index is 6.48. The van der Waals surface area contributed by atoms with Gasteiger partial charge in [0.1, 0.15) is 11.5 Å². The van der Waals surface area contributed by atoms with E-state index in [1.165, 1.54) is 0 Å². The summed E-state index contributed by atoms with van der Waals surface area (Å²) in [4.78, 5) is 1.08. The van der Waals surface area contributed by atoms with Crippen molar-refractivity contribution in [1.29, 1.82) is 0 Å². The van der Waals surface area contributed by atoms with E-state index in [1.54, 1.807) is 24.5 Å². The monoisotopic (exact) mass is 430 g/mol. The lowest BCUT2D eigenvalue weighted by Crippen LogP contribution is -2.33. The van der Waals surface area contributed by atoms with E-state index < -0.39 is 0 Å². The van der Waals surface area contributed by atoms with Crippen LogP contribution in [-0.2, 0) is 0 Å². The Morgan fingerprint density at radius 1 is 1.18 bits per heavy atom. The van der Waals surface area contributed by atoms with Crippen molar-refractivity contribution in [3.05, 3.63) is 80.0 Å². The molecule has 0 fully saturated rings. The van der Waals surface area contributed by atoms with Gasteiger partial charge in [-0.3, -0.25) is 0 Å². The standard InChI is InChI=1S/C21H16Cl2N2O2S/c1-26-14-6-4-12(5-7-14)17-11-18-15-9-13(22)10-16(23)20(15)27-21(25(18)24-17)19-3-2-8-28-19/h2-10,18,21H,11H2,1H3/t18-,21-/m0/s1. The van der Waals surface area contributed by atoms with Gasteiger partial charge in [0, 0.05) is 17.0 Å². The molecule has 3 aromatic rings. The van der Waals surface area contributed by atoms with E-state index in [9.17, 15) is 0 Å². The Labute approximate surface area is 176 Å². The number of hydrogen-bond acceptors (Lipinski definition) is 5. The first kappa shape index (κ1) is 17.9. The van der Waals surface area contributed by atoms with Gasteiger partial charge >= 0.3 is 0 Å². The number of rotatable bonds is 3. The molecule has 2 aliphatic rings. The number of methoxy groups -OCH3 is 1. The van der Waals surface area contributed by atoms with Crippen LogP contribution >= 0.6 is 34.5 Å². The highest BCUT2D eigenvalue weighted by molar-refractivity contribution is 7.10. The normalized spacial score (nSPS) is 20.2. The van der Waals surface area contributed by atoms with Crippen LogP contribution in [0.15, 0.2) is 59.0 Å². The SMILES string of the molecule is COc1ccc(C2=NN3[C@@H](C2)c2cc(Cl)cc(Cl)c2O[C@H]3c2cccs2)cc1. The van der Waals surface area contributed by atoms with Gasteiger partial charge in [-0.2, -0.15) is 5.10 Å². The fraction of sp³-hybridized carbons (Fsp3) is 0.190. The second kappa shape index (κ2) is 6.99. The van der Waals surface area contributed by atoms with Crippen LogP contribution in [0.5, 0.6) is 11.5 Å². The molecule has 3 heterocycles. The van der Waals surface area contributed by atoms with Crippen LogP contribution in [0, 0.1) is 0 Å². The summed E-state index contributed by atoms with van der Waals surface area (Å²) in [7, 11) is 1.66. The first-order chi connectivity index (χ1) is 13.6. The Balaban J connectivity index is 1.59. The van der Waals surface area contributed by atoms with Crippen LogP contribution in [0.3, 0.4) is 0 Å². The number of hydrogen-bond donors (Lipinski definition) is 0. The number of fused-ring (bicyclic) bond motifs is 3. The van der Waals surface area contributed by atoms with E-state index in [-0.39, 0.29) is 12.3 Å². The first-order valence-electron chi connectivity index (χ1n) is 8.83. The molecular formula is C21H16Cl2N2O2S. The third kappa shape index (κ3) is 2.94. The van der Waals surface area contributed by atoms with Crippen molar-refractivity contribution in [3.63, 3.8) is 0 Å². The van der Waals surface area contributed by atoms with Crippen molar-refractivity contribution < 1.29 is 9.47 Å². The number of nitrogens with zero attached hydrogens (tertiary/aromatic N) is 2. The summed E-state index contributed by atoms with van der Waals surface area (Å²) < 4.78 is 11.6. The minimum Gasteiger partial charge on any atom is -0.497 e. The van der Waals surface area contributed by atoms with Crippen molar-refractivity contribution in [3.8, 4) is 11.5 Å². The smallest absolute Gasteiger partial charge is 0.223 e. The lowest BCUT2D eigenvalue weighted by molar-refractivity contribution is -0.0165. The Hall–Kier alpha value is -2.21. The summed E-state index contributed by atoms with van der Waals surface area (Å²) in [6.07, 6.45) is 0.438. The second-order valence-corrected chi connectivity index (χ2v) is 8.49. The molecule has 0 saturated heterocycles. The van der Waals surface area contributed by atoms with Crippen LogP contribution in [-0.4, -0.2) is 17.8 Å². The Bertz CT molecular complexity index is 1050. The molecule has 0 unspecified atom stereocenters. The average molecular weight is 431 g/mol. The highest BCUT2D eigenvalue weighted by Crippen LogP contribution is 2.51. The maximum atomic E-state index is 6.48. The lowest BCUT2D eigenvalue weighted by atomic mass is 9.96. The van der Waals surface area contributed by atoms with Gasteiger partial charge in [0.05, 0.1) is 28.8 Å². The van der Waals surface area contributed by atoms with Gasteiger partial charge in [0.2, 0.25) is 6.23 Å². The predicted octanol–water partition coefficient (Wildman–Crippen LogP) is 6.31. The Morgan fingerprint density at radius 3 is 2.71 bits per heavy atom. The van der Waals surface area contributed by atoms with Gasteiger partial charge in [-0.15, -0.1) is 11.3 Å². The molecule has 2 atom stereocenters. The highest BCUT2D eigenvalue weighted by Gasteiger charge is 2.42. The van der Waals surface area contributed by atoms with E-state index in [1.807, 2.05) is 46.8 Å². The summed E-state index contributed by atoms with van der Waals surface area (Å²) in [5.41, 5.74) is 3.04. The van der Waals surface area contributed by atoms with E-state index in [0.717, 1.165) is 33.9 Å². The number of ether oxygens (including phenoxy) is 2. The second-order valence-electron chi connectivity index (χ2n) is 6.67. The van der Waals surface area contributed by atoms with Gasteiger partial charge in [0.15, 0.2) is 0 Å². The molecule has 2 aromatic carbocycles. The molecule has 1 aromatic heterocycles. The predicted molar refractivity (Wildman–Crippen MR) is 113 cm³/mol. The lowest BCUT2D eigenvalue weighted by Gasteiger charge is -2.38. The minimum absolute atomic E-state index is 0.0177. The number of benzene rings is 2. The summed E-state index contributed by atoms with van der Waals surface area (Å²) in [6.45, 7) is 0. The number of halogens is 2. The van der Waals surface area contributed by atoms with Crippen LogP contribution < -0.4 is 9.47 Å². The van der Waals surface area contributed by atoms with Crippen molar-refractivity contribution in [2.24, 2.45) is 5.10 Å². The van der Waals surface area contributed by atoms with Crippen molar-refractivity contribution >= 4 is 40.3 Å². The molecule has 0 radical (unpaired) electrons. The zero-order valence-electron chi connectivity index (χ0n) is 14.9. The molecule has 4 nitrogen and oxygen atoms in total. The molecule has 0 spiro atoms. The molecular weight excluding hydrogens is 415 g/mol. The fourth-order valence-electron chi connectivity index (χ4n) is 3.69. The number of hydrazone groups is 1. The van der Waals surface area contributed by atoms with E-state index in [4.69, 9.17) is 37.8 Å². The van der Waals surface area contributed by atoms with Gasteiger partial charge in [-0.05, 0) is 53.4 Å². The minimum atomic E-state index is -0.313. The van der Waals surface area contributed by atoms with Crippen molar-refractivity contribution in [2.75, 3.05) is 7.11 Å². The van der Waals surface area contributed by atoms with Crippen LogP contribution in [0.1, 0.15) is 34.7 Å². The fourth-order valence-corrected chi connectivity index (χ4v) is 4.99. The summed E-state index contributed by atoms with van der Waals surface area (Å²) in [5.74, 6) is 1.51. The largest absolute Gasteiger partial charge is 0.497 e. The summed E-state index contributed by atoms with van der Waals surface area (Å²) >= 11 is 14.4. The van der Waals surface area contributed by atoms with E-state index in [0.29, 0.717) is 15.8 Å². The molecule has 7 heteroatoms. The molecule has 0 aliphatic carbocycles. The molecule has 28 heavy (non-hydrogen) atoms. The van der Waals surface area contributed by atoms with Crippen molar-refractivity contribution in [1.82, 2.24) is 5.01 Å². The van der Waals surface area contributed by atoms with Crippen LogP contribution in [0.25, 0.3) is 0 Å². The third-order valence-corrected chi connectivity index (χ3v) is 6.42. The summed E-state index contributed by atoms with van der Waals surface area (Å²) in [6, 6.07) is 15.7. The van der Waals surface area contributed by atoms with Gasteiger partial charge in [-0.25, -0.2) is 5.01 Å². The first-order valence-corrected chi connectivity index (χ1v) is 10.5. The van der Waals surface area contributed by atoms with E-state index in [2.05, 4.69) is 6.07 Å². The molecule has 0 saturated carbocycles. The molecule has 142 valence electrons. The molecule has 5 rings (SSSR count). The van der Waals surface area contributed by atoms with Gasteiger partial charge < -0.3 is 9.47 Å². The quantitative estimate of drug-likeness (QED) is 0.488. The Kier molecular flexibility index (Phi) is 4.46. The summed E-state index contributed by atoms with van der Waals surface area (Å²) in [5, 5.41) is 10.1. The van der Waals surface area contributed by atoms with Gasteiger partial charge in [-0.1, -0.05) is 29.3 Å². The highest BCUT2D eigenvalue weighted by atomic mass is 35.5. The zero-order valence-corrected chi connectivity index (χ0v) is 17.3. The van der Waals surface area contributed by atoms with Gasteiger partial charge in [0.25, 0.3) is 0 Å². The Morgan fingerprint density at radius 2 is 2.00 bits per heavy atom. The van der Waals surface area contributed by atoms with Crippen LogP contribution in [0.2, 0.25) is 10.0 Å². The molecule has 2 aliphatic heterocycles. The average Bonchev–Trinajstić information content (AvgIpc) is 3.38. The zero-order chi connectivity index (χ0) is 19.3.